The molecule has 0 saturated carbocycles. The zero-order valence-corrected chi connectivity index (χ0v) is 15.4. The van der Waals surface area contributed by atoms with Crippen LogP contribution in [0.4, 0.5) is 9.18 Å². The van der Waals surface area contributed by atoms with Gasteiger partial charge in [0.05, 0.1) is 13.2 Å². The lowest BCUT2D eigenvalue weighted by atomic mass is 9.88. The molecule has 8 heteroatoms. The molecular weight excluding hydrogens is 371 g/mol. The molecule has 2 unspecified atom stereocenters. The van der Waals surface area contributed by atoms with Gasteiger partial charge in [0.15, 0.2) is 6.04 Å². The van der Waals surface area contributed by atoms with Crippen LogP contribution in [-0.4, -0.2) is 35.1 Å². The van der Waals surface area contributed by atoms with E-state index in [1.807, 2.05) is 18.2 Å². The molecule has 1 fully saturated rings. The average Bonchev–Trinajstić information content (AvgIpc) is 2.95. The van der Waals surface area contributed by atoms with Gasteiger partial charge in [-0.2, -0.15) is 5.06 Å². The van der Waals surface area contributed by atoms with E-state index in [9.17, 15) is 14.0 Å². The van der Waals surface area contributed by atoms with Gasteiger partial charge in [-0.3, -0.25) is 0 Å². The molecule has 4 rings (SSSR count). The van der Waals surface area contributed by atoms with E-state index in [1.54, 1.807) is 19.1 Å². The molecule has 2 aliphatic rings. The van der Waals surface area contributed by atoms with Crippen molar-refractivity contribution in [3.05, 3.63) is 59.4 Å². The third-order valence-electron chi connectivity index (χ3n) is 4.91. The Morgan fingerprint density at radius 1 is 1.19 bits per heavy atom. The van der Waals surface area contributed by atoms with Gasteiger partial charge in [-0.05, 0) is 47.4 Å². The Labute approximate surface area is 161 Å². The second-order valence-corrected chi connectivity index (χ2v) is 6.53. The Morgan fingerprint density at radius 3 is 2.56 bits per heavy atom. The molecule has 140 valence electrons. The maximum atomic E-state index is 13.2. The minimum Gasteiger partial charge on any atom is -0.464 e. The highest BCUT2D eigenvalue weighted by Crippen LogP contribution is 2.45. The summed E-state index contributed by atoms with van der Waals surface area (Å²) in [6, 6.07) is 10.0. The molecule has 0 N–H and O–H groups in total. The van der Waals surface area contributed by atoms with E-state index in [4.69, 9.17) is 9.02 Å². The fraction of sp³-hybridized carbons (Fsp3) is 0.263. The number of urea groups is 1. The number of carbonyl (C=O) groups excluding carboxylic acids is 2. The van der Waals surface area contributed by atoms with Gasteiger partial charge in [0.1, 0.15) is 11.9 Å². The number of fused-ring (bicyclic) bond motifs is 4. The minimum absolute atomic E-state index is 0.219. The molecule has 2 amide bonds. The van der Waals surface area contributed by atoms with E-state index < -0.39 is 24.1 Å². The van der Waals surface area contributed by atoms with Gasteiger partial charge in [0, 0.05) is 12.9 Å². The SMILES string of the molecule is CCOC(=O)C1c2ccc(-c3ccc(F)cc3)cc2C2CN1C(=O)N2OS. The lowest BCUT2D eigenvalue weighted by Crippen LogP contribution is -2.39. The van der Waals surface area contributed by atoms with Crippen LogP contribution >= 0.6 is 12.9 Å². The zero-order valence-electron chi connectivity index (χ0n) is 14.5. The van der Waals surface area contributed by atoms with Gasteiger partial charge in [0.25, 0.3) is 0 Å². The molecule has 2 bridgehead atoms. The van der Waals surface area contributed by atoms with Crippen LogP contribution in [-0.2, 0) is 13.8 Å². The van der Waals surface area contributed by atoms with Crippen molar-refractivity contribution in [3.8, 4) is 11.1 Å². The molecule has 2 atom stereocenters. The molecular formula is C19H17FN2O4S. The summed E-state index contributed by atoms with van der Waals surface area (Å²) in [6.07, 6.45) is 0. The summed E-state index contributed by atoms with van der Waals surface area (Å²) >= 11 is 3.80. The molecule has 0 radical (unpaired) electrons. The fourth-order valence-corrected chi connectivity index (χ4v) is 3.89. The molecule has 2 aromatic rings. The number of hydrogen-bond acceptors (Lipinski definition) is 5. The van der Waals surface area contributed by atoms with Crippen molar-refractivity contribution in [2.45, 2.75) is 19.0 Å². The summed E-state index contributed by atoms with van der Waals surface area (Å²) in [7, 11) is 0. The van der Waals surface area contributed by atoms with Crippen LogP contribution in [0.3, 0.4) is 0 Å². The first-order valence-electron chi connectivity index (χ1n) is 8.53. The molecule has 0 aromatic heterocycles. The number of carbonyl (C=O) groups is 2. The van der Waals surface area contributed by atoms with Crippen molar-refractivity contribution in [2.75, 3.05) is 13.2 Å². The number of hydrogen-bond donors (Lipinski definition) is 1. The topological polar surface area (TPSA) is 59.1 Å². The number of esters is 1. The first-order valence-corrected chi connectivity index (χ1v) is 8.89. The summed E-state index contributed by atoms with van der Waals surface area (Å²) in [5.74, 6) is -0.799. The fourth-order valence-electron chi connectivity index (χ4n) is 3.71. The monoisotopic (exact) mass is 388 g/mol. The van der Waals surface area contributed by atoms with E-state index in [1.165, 1.54) is 17.0 Å². The first kappa shape index (κ1) is 17.8. The molecule has 2 heterocycles. The second kappa shape index (κ2) is 6.86. The second-order valence-electron chi connectivity index (χ2n) is 6.36. The lowest BCUT2D eigenvalue weighted by molar-refractivity contribution is -0.148. The quantitative estimate of drug-likeness (QED) is 0.493. The van der Waals surface area contributed by atoms with Gasteiger partial charge in [-0.1, -0.05) is 24.3 Å². The Bertz CT molecular complexity index is 905. The van der Waals surface area contributed by atoms with Crippen LogP contribution in [0.25, 0.3) is 11.1 Å². The molecule has 6 nitrogen and oxygen atoms in total. The number of halogens is 1. The van der Waals surface area contributed by atoms with E-state index in [2.05, 4.69) is 12.9 Å². The Kier molecular flexibility index (Phi) is 4.53. The molecule has 0 spiro atoms. The molecule has 27 heavy (non-hydrogen) atoms. The number of thiol groups is 1. The normalized spacial score (nSPS) is 20.6. The van der Waals surface area contributed by atoms with E-state index in [0.29, 0.717) is 12.1 Å². The highest BCUT2D eigenvalue weighted by molar-refractivity contribution is 7.75. The third kappa shape index (κ3) is 2.85. The summed E-state index contributed by atoms with van der Waals surface area (Å²) < 4.78 is 23.4. The van der Waals surface area contributed by atoms with Crippen molar-refractivity contribution in [3.63, 3.8) is 0 Å². The van der Waals surface area contributed by atoms with Crippen molar-refractivity contribution >= 4 is 24.9 Å². The number of ether oxygens (including phenoxy) is 1. The van der Waals surface area contributed by atoms with Crippen LogP contribution in [0.5, 0.6) is 0 Å². The van der Waals surface area contributed by atoms with Crippen LogP contribution in [0.1, 0.15) is 30.1 Å². The van der Waals surface area contributed by atoms with Crippen LogP contribution in [0.2, 0.25) is 0 Å². The molecule has 2 aliphatic heterocycles. The van der Waals surface area contributed by atoms with Crippen LogP contribution in [0, 0.1) is 5.82 Å². The Morgan fingerprint density at radius 2 is 1.89 bits per heavy atom. The summed E-state index contributed by atoms with van der Waals surface area (Å²) in [6.45, 7) is 2.23. The standard InChI is InChI=1S/C19H17FN2O4S/c1-2-25-18(23)17-14-8-5-12(11-3-6-13(20)7-4-11)9-15(14)16-10-21(17)19(24)22(16)26-27/h3-9,16-17,27H,2,10H2,1H3. The van der Waals surface area contributed by atoms with Crippen LogP contribution < -0.4 is 0 Å². The van der Waals surface area contributed by atoms with Crippen molar-refractivity contribution < 1.29 is 23.0 Å². The number of amides is 2. The van der Waals surface area contributed by atoms with Gasteiger partial charge < -0.3 is 9.64 Å². The smallest absolute Gasteiger partial charge is 0.346 e. The summed E-state index contributed by atoms with van der Waals surface area (Å²) in [5, 5.41) is 1.15. The summed E-state index contributed by atoms with van der Waals surface area (Å²) in [4.78, 5) is 26.6. The van der Waals surface area contributed by atoms with Gasteiger partial charge in [0.2, 0.25) is 0 Å². The number of nitrogens with zero attached hydrogens (tertiary/aromatic N) is 2. The predicted octanol–water partition coefficient (Wildman–Crippen LogP) is 3.67. The third-order valence-corrected chi connectivity index (χ3v) is 5.09. The Balaban J connectivity index is 1.82. The predicted molar refractivity (Wildman–Crippen MR) is 98.0 cm³/mol. The zero-order chi connectivity index (χ0) is 19.1. The van der Waals surface area contributed by atoms with Gasteiger partial charge >= 0.3 is 12.0 Å². The van der Waals surface area contributed by atoms with Crippen molar-refractivity contribution in [2.24, 2.45) is 0 Å². The average molecular weight is 388 g/mol. The first-order chi connectivity index (χ1) is 13.0. The maximum absolute atomic E-state index is 13.2. The minimum atomic E-state index is -0.834. The van der Waals surface area contributed by atoms with Crippen molar-refractivity contribution in [1.29, 1.82) is 0 Å². The summed E-state index contributed by atoms with van der Waals surface area (Å²) in [5.41, 5.74) is 3.16. The van der Waals surface area contributed by atoms with E-state index in [0.717, 1.165) is 21.8 Å². The Hall–Kier alpha value is -2.58. The highest BCUT2D eigenvalue weighted by Gasteiger charge is 2.51. The number of rotatable bonds is 4. The van der Waals surface area contributed by atoms with E-state index >= 15 is 0 Å². The lowest BCUT2D eigenvalue weighted by Gasteiger charge is -2.31. The maximum Gasteiger partial charge on any atom is 0.346 e. The van der Waals surface area contributed by atoms with Crippen molar-refractivity contribution in [1.82, 2.24) is 9.96 Å². The van der Waals surface area contributed by atoms with E-state index in [-0.39, 0.29) is 12.4 Å². The van der Waals surface area contributed by atoms with Gasteiger partial charge in [-0.25, -0.2) is 18.3 Å². The molecule has 1 saturated heterocycles. The number of benzene rings is 2. The number of hydroxylamine groups is 2. The largest absolute Gasteiger partial charge is 0.464 e. The molecule has 0 aliphatic carbocycles. The van der Waals surface area contributed by atoms with Crippen LogP contribution in [0.15, 0.2) is 42.5 Å². The highest BCUT2D eigenvalue weighted by atomic mass is 32.1. The van der Waals surface area contributed by atoms with Gasteiger partial charge in [-0.15, -0.1) is 0 Å². The molecule has 2 aromatic carbocycles.